The highest BCUT2D eigenvalue weighted by Crippen LogP contribution is 2.25. The van der Waals surface area contributed by atoms with Crippen molar-refractivity contribution in [2.75, 3.05) is 0 Å². The quantitative estimate of drug-likeness (QED) is 0.724. The molecule has 0 spiro atoms. The Bertz CT molecular complexity index is 503. The van der Waals surface area contributed by atoms with Crippen LogP contribution in [0.1, 0.15) is 16.7 Å². The van der Waals surface area contributed by atoms with Crippen LogP contribution in [0, 0.1) is 13.8 Å². The Kier molecular flexibility index (Phi) is 3.85. The summed E-state index contributed by atoms with van der Waals surface area (Å²) < 4.78 is 5.84. The molecule has 0 heterocycles. The fraction of sp³-hybridized carbons (Fsp3) is 0.200. The van der Waals surface area contributed by atoms with Crippen molar-refractivity contribution >= 4 is 15.9 Å². The van der Waals surface area contributed by atoms with E-state index in [0.29, 0.717) is 0 Å². The lowest BCUT2D eigenvalue weighted by Crippen LogP contribution is -1.88. The van der Waals surface area contributed by atoms with E-state index in [9.17, 15) is 0 Å². The van der Waals surface area contributed by atoms with Crippen LogP contribution in [0.15, 0.2) is 42.5 Å². The van der Waals surface area contributed by atoms with Crippen LogP contribution < -0.4 is 4.74 Å². The third kappa shape index (κ3) is 3.34. The number of aryl methyl sites for hydroxylation is 2. The van der Waals surface area contributed by atoms with Gasteiger partial charge < -0.3 is 4.74 Å². The minimum absolute atomic E-state index is 0.846. The maximum absolute atomic E-state index is 5.84. The normalized spacial score (nSPS) is 10.3. The average molecular weight is 291 g/mol. The molecule has 0 radical (unpaired) electrons. The minimum atomic E-state index is 0.846. The molecule has 1 nitrogen and oxygen atoms in total. The SMILES string of the molecule is Cc1ccc(Oc2cc(C)cc(CBr)c2)cc1. The van der Waals surface area contributed by atoms with Gasteiger partial charge in [-0.05, 0) is 49.2 Å². The molecule has 2 rings (SSSR count). The molecule has 0 bridgehead atoms. The predicted octanol–water partition coefficient (Wildman–Crippen LogP) is 4.99. The zero-order valence-corrected chi connectivity index (χ0v) is 11.6. The van der Waals surface area contributed by atoms with Crippen LogP contribution in [-0.4, -0.2) is 0 Å². The molecule has 2 aromatic carbocycles. The maximum Gasteiger partial charge on any atom is 0.127 e. The molecule has 2 heteroatoms. The summed E-state index contributed by atoms with van der Waals surface area (Å²) in [5.41, 5.74) is 3.68. The van der Waals surface area contributed by atoms with Crippen molar-refractivity contribution in [2.45, 2.75) is 19.2 Å². The van der Waals surface area contributed by atoms with Gasteiger partial charge in [-0.2, -0.15) is 0 Å². The summed E-state index contributed by atoms with van der Waals surface area (Å²) in [6.07, 6.45) is 0. The summed E-state index contributed by atoms with van der Waals surface area (Å²) in [7, 11) is 0. The largest absolute Gasteiger partial charge is 0.457 e. The minimum Gasteiger partial charge on any atom is -0.457 e. The fourth-order valence-corrected chi connectivity index (χ4v) is 2.03. The third-order valence-electron chi connectivity index (χ3n) is 2.52. The number of hydrogen-bond donors (Lipinski definition) is 0. The maximum atomic E-state index is 5.84. The molecule has 0 saturated heterocycles. The summed E-state index contributed by atoms with van der Waals surface area (Å²) in [4.78, 5) is 0. The van der Waals surface area contributed by atoms with Gasteiger partial charge >= 0.3 is 0 Å². The van der Waals surface area contributed by atoms with Crippen molar-refractivity contribution < 1.29 is 4.74 Å². The number of hydrogen-bond acceptors (Lipinski definition) is 1. The Labute approximate surface area is 111 Å². The van der Waals surface area contributed by atoms with E-state index in [4.69, 9.17) is 4.74 Å². The molecule has 0 aliphatic rings. The average Bonchev–Trinajstić information content (AvgIpc) is 2.31. The molecule has 0 atom stereocenters. The number of rotatable bonds is 3. The molecule has 0 saturated carbocycles. The predicted molar refractivity (Wildman–Crippen MR) is 75.1 cm³/mol. The lowest BCUT2D eigenvalue weighted by molar-refractivity contribution is 0.481. The van der Waals surface area contributed by atoms with Crippen LogP contribution >= 0.6 is 15.9 Å². The summed E-state index contributed by atoms with van der Waals surface area (Å²) >= 11 is 3.47. The van der Waals surface area contributed by atoms with Crippen molar-refractivity contribution in [3.63, 3.8) is 0 Å². The van der Waals surface area contributed by atoms with Crippen LogP contribution in [0.4, 0.5) is 0 Å². The molecule has 0 unspecified atom stereocenters. The van der Waals surface area contributed by atoms with Crippen molar-refractivity contribution in [1.29, 1.82) is 0 Å². The van der Waals surface area contributed by atoms with Gasteiger partial charge in [0.1, 0.15) is 11.5 Å². The van der Waals surface area contributed by atoms with Gasteiger partial charge in [0, 0.05) is 5.33 Å². The number of halogens is 1. The highest BCUT2D eigenvalue weighted by molar-refractivity contribution is 9.08. The topological polar surface area (TPSA) is 9.23 Å². The van der Waals surface area contributed by atoms with E-state index in [0.717, 1.165) is 16.8 Å². The van der Waals surface area contributed by atoms with Gasteiger partial charge in [-0.3, -0.25) is 0 Å². The lowest BCUT2D eigenvalue weighted by atomic mass is 10.1. The summed E-state index contributed by atoms with van der Waals surface area (Å²) in [5, 5.41) is 0.846. The molecule has 17 heavy (non-hydrogen) atoms. The standard InChI is InChI=1S/C15H15BrO/c1-11-3-5-14(6-4-11)17-15-8-12(2)7-13(9-15)10-16/h3-9H,10H2,1-2H3. The Morgan fingerprint density at radius 3 is 2.24 bits per heavy atom. The zero-order chi connectivity index (χ0) is 12.3. The first-order chi connectivity index (χ1) is 8.17. The zero-order valence-electron chi connectivity index (χ0n) is 10.0. The molecular formula is C15H15BrO. The number of benzene rings is 2. The number of alkyl halides is 1. The summed E-state index contributed by atoms with van der Waals surface area (Å²) in [6.45, 7) is 4.15. The van der Waals surface area contributed by atoms with Gasteiger partial charge in [-0.25, -0.2) is 0 Å². The van der Waals surface area contributed by atoms with Gasteiger partial charge in [0.05, 0.1) is 0 Å². The summed E-state index contributed by atoms with van der Waals surface area (Å²) in [6, 6.07) is 14.3. The van der Waals surface area contributed by atoms with Crippen LogP contribution in [0.25, 0.3) is 0 Å². The fourth-order valence-electron chi connectivity index (χ4n) is 1.70. The molecule has 0 amide bonds. The van der Waals surface area contributed by atoms with Crippen LogP contribution in [0.5, 0.6) is 11.5 Å². The van der Waals surface area contributed by atoms with E-state index in [2.05, 4.69) is 54.0 Å². The first-order valence-electron chi connectivity index (χ1n) is 5.58. The van der Waals surface area contributed by atoms with Gasteiger partial charge in [0.25, 0.3) is 0 Å². The van der Waals surface area contributed by atoms with Gasteiger partial charge in [0.15, 0.2) is 0 Å². The van der Waals surface area contributed by atoms with E-state index in [1.54, 1.807) is 0 Å². The van der Waals surface area contributed by atoms with Crippen molar-refractivity contribution in [1.82, 2.24) is 0 Å². The van der Waals surface area contributed by atoms with E-state index in [1.165, 1.54) is 16.7 Å². The first kappa shape index (κ1) is 12.2. The van der Waals surface area contributed by atoms with Crippen LogP contribution in [0.3, 0.4) is 0 Å². The highest BCUT2D eigenvalue weighted by Gasteiger charge is 2.00. The Balaban J connectivity index is 2.23. The van der Waals surface area contributed by atoms with E-state index >= 15 is 0 Å². The monoisotopic (exact) mass is 290 g/mol. The Morgan fingerprint density at radius 2 is 1.59 bits per heavy atom. The molecule has 0 N–H and O–H groups in total. The number of ether oxygens (including phenoxy) is 1. The molecule has 0 fully saturated rings. The van der Waals surface area contributed by atoms with Gasteiger partial charge in [-0.15, -0.1) is 0 Å². The van der Waals surface area contributed by atoms with Crippen LogP contribution in [-0.2, 0) is 5.33 Å². The Morgan fingerprint density at radius 1 is 0.882 bits per heavy atom. The highest BCUT2D eigenvalue weighted by atomic mass is 79.9. The molecule has 88 valence electrons. The lowest BCUT2D eigenvalue weighted by Gasteiger charge is -2.08. The van der Waals surface area contributed by atoms with E-state index in [1.807, 2.05) is 18.2 Å². The molecule has 2 aromatic rings. The second-order valence-electron chi connectivity index (χ2n) is 4.20. The molecule has 0 aliphatic carbocycles. The van der Waals surface area contributed by atoms with Crippen molar-refractivity contribution in [3.8, 4) is 11.5 Å². The second kappa shape index (κ2) is 5.37. The smallest absolute Gasteiger partial charge is 0.127 e. The van der Waals surface area contributed by atoms with Crippen molar-refractivity contribution in [2.24, 2.45) is 0 Å². The second-order valence-corrected chi connectivity index (χ2v) is 4.76. The summed E-state index contributed by atoms with van der Waals surface area (Å²) in [5.74, 6) is 1.77. The van der Waals surface area contributed by atoms with E-state index < -0.39 is 0 Å². The molecule has 0 aromatic heterocycles. The van der Waals surface area contributed by atoms with Gasteiger partial charge in [0.2, 0.25) is 0 Å². The molecule has 0 aliphatic heterocycles. The third-order valence-corrected chi connectivity index (χ3v) is 3.17. The van der Waals surface area contributed by atoms with Crippen LogP contribution in [0.2, 0.25) is 0 Å². The van der Waals surface area contributed by atoms with Crippen molar-refractivity contribution in [3.05, 3.63) is 59.2 Å². The molecular weight excluding hydrogens is 276 g/mol. The first-order valence-corrected chi connectivity index (χ1v) is 6.70. The van der Waals surface area contributed by atoms with Gasteiger partial charge in [-0.1, -0.05) is 39.7 Å². The Hall–Kier alpha value is -1.28. The van der Waals surface area contributed by atoms with E-state index in [-0.39, 0.29) is 0 Å².